The molecule has 0 saturated heterocycles. The number of para-hydroxylation sites is 1. The predicted octanol–water partition coefficient (Wildman–Crippen LogP) is 5.91. The summed E-state index contributed by atoms with van der Waals surface area (Å²) < 4.78 is 1.82. The van der Waals surface area contributed by atoms with Crippen LogP contribution >= 0.6 is 11.6 Å². The minimum atomic E-state index is -0.166. The number of H-pyrrole nitrogens is 1. The molecule has 0 unspecified atom stereocenters. The second-order valence-corrected chi connectivity index (χ2v) is 8.07. The van der Waals surface area contributed by atoms with Gasteiger partial charge in [0.1, 0.15) is 5.69 Å². The van der Waals surface area contributed by atoms with Gasteiger partial charge in [-0.25, -0.2) is 4.68 Å². The number of carbonyl (C=O) groups excluding carboxylic acids is 1. The van der Waals surface area contributed by atoms with E-state index in [9.17, 15) is 4.79 Å². The first-order valence-electron chi connectivity index (χ1n) is 10.4. The number of halogens is 1. The van der Waals surface area contributed by atoms with Gasteiger partial charge in [0, 0.05) is 27.2 Å². The maximum absolute atomic E-state index is 13.3. The van der Waals surface area contributed by atoms with Crippen LogP contribution in [0, 0.1) is 6.92 Å². The average molecular weight is 441 g/mol. The largest absolute Gasteiger partial charge is 0.357 e. The third-order valence-electron chi connectivity index (χ3n) is 5.47. The molecule has 0 atom stereocenters. The number of benzene rings is 3. The quantitative estimate of drug-likeness (QED) is 0.356. The Balaban J connectivity index is 1.49. The molecular weight excluding hydrogens is 420 g/mol. The number of hydrogen-bond donors (Lipinski definition) is 2. The van der Waals surface area contributed by atoms with E-state index in [0.29, 0.717) is 22.8 Å². The van der Waals surface area contributed by atoms with Crippen LogP contribution in [0.15, 0.2) is 84.9 Å². The second-order valence-electron chi connectivity index (χ2n) is 7.63. The molecule has 5 aromatic rings. The maximum Gasteiger partial charge on any atom is 0.255 e. The summed E-state index contributed by atoms with van der Waals surface area (Å²) in [5, 5.41) is 9.55. The number of fused-ring (bicyclic) bond motifs is 1. The van der Waals surface area contributed by atoms with Crippen LogP contribution in [0.3, 0.4) is 0 Å². The lowest BCUT2D eigenvalue weighted by molar-refractivity contribution is 0.0950. The fourth-order valence-electron chi connectivity index (χ4n) is 3.92. The lowest BCUT2D eigenvalue weighted by Crippen LogP contribution is -2.24. The summed E-state index contributed by atoms with van der Waals surface area (Å²) in [6.45, 7) is 2.29. The first-order chi connectivity index (χ1) is 15.6. The number of nitrogens with one attached hydrogen (secondary N) is 2. The van der Waals surface area contributed by atoms with Crippen LogP contribution in [0.1, 0.15) is 21.7 Å². The fourth-order valence-corrected chi connectivity index (χ4v) is 4.10. The van der Waals surface area contributed by atoms with E-state index >= 15 is 0 Å². The molecule has 0 aliphatic rings. The molecule has 6 heteroatoms. The lowest BCUT2D eigenvalue weighted by Gasteiger charge is -2.07. The van der Waals surface area contributed by atoms with Crippen molar-refractivity contribution in [2.45, 2.75) is 13.5 Å². The highest BCUT2D eigenvalue weighted by Crippen LogP contribution is 2.27. The Labute approximate surface area is 190 Å². The van der Waals surface area contributed by atoms with Crippen molar-refractivity contribution < 1.29 is 4.79 Å². The van der Waals surface area contributed by atoms with E-state index in [-0.39, 0.29) is 5.91 Å². The molecular formula is C26H21ClN4O. The minimum Gasteiger partial charge on any atom is -0.357 e. The molecule has 0 bridgehead atoms. The first kappa shape index (κ1) is 20.1. The SMILES string of the molecule is Cc1c(C(=O)NCc2cc3cc(Cl)ccc3[nH]2)c(-c2ccccc2)nn1-c1ccccc1. The summed E-state index contributed by atoms with van der Waals surface area (Å²) in [6.07, 6.45) is 0. The van der Waals surface area contributed by atoms with Crippen molar-refractivity contribution >= 4 is 28.4 Å². The standard InChI is InChI=1S/C26H21ClN4O/c1-17-24(26(32)28-16-21-15-19-14-20(27)12-13-23(19)29-21)25(18-8-4-2-5-9-18)30-31(17)22-10-6-3-7-11-22/h2-15,29H,16H2,1H3,(H,28,32). The van der Waals surface area contributed by atoms with Crippen molar-refractivity contribution in [1.29, 1.82) is 0 Å². The molecule has 0 saturated carbocycles. The molecule has 2 N–H and O–H groups in total. The number of aromatic amines is 1. The fraction of sp³-hybridized carbons (Fsp3) is 0.0769. The number of aromatic nitrogens is 3. The smallest absolute Gasteiger partial charge is 0.255 e. The van der Waals surface area contributed by atoms with Crippen molar-refractivity contribution in [2.24, 2.45) is 0 Å². The summed E-state index contributed by atoms with van der Waals surface area (Å²) in [5.74, 6) is -0.166. The normalized spacial score (nSPS) is 11.1. The van der Waals surface area contributed by atoms with E-state index in [4.69, 9.17) is 16.7 Å². The molecule has 5 nitrogen and oxygen atoms in total. The van der Waals surface area contributed by atoms with Gasteiger partial charge in [-0.2, -0.15) is 5.10 Å². The average Bonchev–Trinajstić information content (AvgIpc) is 3.39. The van der Waals surface area contributed by atoms with Crippen LogP contribution in [-0.2, 0) is 6.54 Å². The molecule has 0 fully saturated rings. The van der Waals surface area contributed by atoms with Gasteiger partial charge in [-0.05, 0) is 43.3 Å². The monoisotopic (exact) mass is 440 g/mol. The van der Waals surface area contributed by atoms with Crippen LogP contribution in [-0.4, -0.2) is 20.7 Å². The highest BCUT2D eigenvalue weighted by Gasteiger charge is 2.23. The molecule has 2 aromatic heterocycles. The molecule has 0 spiro atoms. The summed E-state index contributed by atoms with van der Waals surface area (Å²) in [5.41, 5.74) is 5.72. The van der Waals surface area contributed by atoms with Gasteiger partial charge in [0.2, 0.25) is 0 Å². The predicted molar refractivity (Wildman–Crippen MR) is 128 cm³/mol. The lowest BCUT2D eigenvalue weighted by atomic mass is 10.1. The van der Waals surface area contributed by atoms with Gasteiger partial charge in [0.15, 0.2) is 0 Å². The van der Waals surface area contributed by atoms with Gasteiger partial charge in [0.05, 0.1) is 23.5 Å². The van der Waals surface area contributed by atoms with E-state index in [0.717, 1.165) is 33.5 Å². The van der Waals surface area contributed by atoms with E-state index in [2.05, 4.69) is 10.3 Å². The Kier molecular flexibility index (Phi) is 5.25. The Hall–Kier alpha value is -3.83. The Morgan fingerprint density at radius 1 is 1.00 bits per heavy atom. The van der Waals surface area contributed by atoms with Crippen LogP contribution in [0.4, 0.5) is 0 Å². The molecule has 0 aliphatic heterocycles. The molecule has 0 radical (unpaired) electrons. The zero-order valence-corrected chi connectivity index (χ0v) is 18.2. The third-order valence-corrected chi connectivity index (χ3v) is 5.70. The van der Waals surface area contributed by atoms with Crippen LogP contribution in [0.25, 0.3) is 27.8 Å². The van der Waals surface area contributed by atoms with Crippen molar-refractivity contribution in [3.05, 3.63) is 107 Å². The Morgan fingerprint density at radius 3 is 2.47 bits per heavy atom. The molecule has 1 amide bonds. The molecule has 2 heterocycles. The van der Waals surface area contributed by atoms with Gasteiger partial charge in [0.25, 0.3) is 5.91 Å². The first-order valence-corrected chi connectivity index (χ1v) is 10.7. The summed E-state index contributed by atoms with van der Waals surface area (Å²) >= 11 is 6.09. The van der Waals surface area contributed by atoms with Crippen molar-refractivity contribution in [3.63, 3.8) is 0 Å². The van der Waals surface area contributed by atoms with E-state index < -0.39 is 0 Å². The number of hydrogen-bond acceptors (Lipinski definition) is 2. The zero-order valence-electron chi connectivity index (χ0n) is 17.5. The van der Waals surface area contributed by atoms with Crippen LogP contribution in [0.2, 0.25) is 5.02 Å². The number of carbonyl (C=O) groups is 1. The third kappa shape index (κ3) is 3.79. The molecule has 158 valence electrons. The van der Waals surface area contributed by atoms with Crippen LogP contribution < -0.4 is 5.32 Å². The van der Waals surface area contributed by atoms with E-state index in [1.54, 1.807) is 0 Å². The molecule has 3 aromatic carbocycles. The summed E-state index contributed by atoms with van der Waals surface area (Å²) in [7, 11) is 0. The van der Waals surface area contributed by atoms with Crippen molar-refractivity contribution in [1.82, 2.24) is 20.1 Å². The van der Waals surface area contributed by atoms with E-state index in [1.165, 1.54) is 0 Å². The van der Waals surface area contributed by atoms with Gasteiger partial charge in [-0.1, -0.05) is 60.1 Å². The highest BCUT2D eigenvalue weighted by atomic mass is 35.5. The molecule has 5 rings (SSSR count). The minimum absolute atomic E-state index is 0.166. The summed E-state index contributed by atoms with van der Waals surface area (Å²) in [6, 6.07) is 27.3. The Morgan fingerprint density at radius 2 is 1.72 bits per heavy atom. The molecule has 32 heavy (non-hydrogen) atoms. The van der Waals surface area contributed by atoms with Gasteiger partial charge < -0.3 is 10.3 Å². The van der Waals surface area contributed by atoms with Gasteiger partial charge in [-0.3, -0.25) is 4.79 Å². The second kappa shape index (κ2) is 8.36. The number of rotatable bonds is 5. The number of amides is 1. The zero-order chi connectivity index (χ0) is 22.1. The van der Waals surface area contributed by atoms with Gasteiger partial charge in [-0.15, -0.1) is 0 Å². The highest BCUT2D eigenvalue weighted by molar-refractivity contribution is 6.31. The number of nitrogens with zero attached hydrogens (tertiary/aromatic N) is 2. The van der Waals surface area contributed by atoms with E-state index in [1.807, 2.05) is 96.5 Å². The van der Waals surface area contributed by atoms with Crippen molar-refractivity contribution in [2.75, 3.05) is 0 Å². The molecule has 0 aliphatic carbocycles. The Bertz CT molecular complexity index is 1400. The topological polar surface area (TPSA) is 62.7 Å². The van der Waals surface area contributed by atoms with Crippen molar-refractivity contribution in [3.8, 4) is 16.9 Å². The van der Waals surface area contributed by atoms with Gasteiger partial charge >= 0.3 is 0 Å². The summed E-state index contributed by atoms with van der Waals surface area (Å²) in [4.78, 5) is 16.7. The maximum atomic E-state index is 13.3. The van der Waals surface area contributed by atoms with Crippen LogP contribution in [0.5, 0.6) is 0 Å².